The Hall–Kier alpha value is -6.92. The molecule has 8 aliphatic heterocycles. The molecule has 0 aromatic heterocycles. The van der Waals surface area contributed by atoms with E-state index in [9.17, 15) is 47.9 Å². The number of hydrogen-bond acceptors (Lipinski definition) is 44. The number of carbonyl (C=O) groups excluding carboxylic acids is 10. The van der Waals surface area contributed by atoms with Crippen molar-refractivity contribution in [2.75, 3.05) is 139 Å². The normalized spacial score (nSPS) is 37.8. The zero-order valence-electron chi connectivity index (χ0n) is 73.9. The Bertz CT molecular complexity index is 3660. The van der Waals surface area contributed by atoms with Crippen LogP contribution in [0.5, 0.6) is 0 Å². The van der Waals surface area contributed by atoms with Gasteiger partial charge in [-0.1, -0.05) is 12.1 Å². The van der Waals surface area contributed by atoms with Gasteiger partial charge in [-0.15, -0.1) is 0 Å². The number of benzene rings is 1. The highest BCUT2D eigenvalue weighted by atomic mass is 16.8. The van der Waals surface area contributed by atoms with Gasteiger partial charge in [-0.3, -0.25) is 52.8 Å². The molecule has 7 saturated heterocycles. The molecule has 0 aliphatic carbocycles. The second-order valence-corrected chi connectivity index (χ2v) is 30.2. The number of methoxy groups -OCH3 is 13. The van der Waals surface area contributed by atoms with Crippen molar-refractivity contribution in [2.45, 2.75) is 277 Å². The molecule has 45 heteroatoms. The Balaban J connectivity index is 1.03. The number of fused-ring (bicyclic) bond motifs is 1. The summed E-state index contributed by atoms with van der Waals surface area (Å²) in [6, 6.07) is 6.01. The van der Waals surface area contributed by atoms with Gasteiger partial charge < -0.3 is 161 Å². The lowest BCUT2D eigenvalue weighted by Crippen LogP contribution is -2.70. The number of hydrogen-bond donors (Lipinski definition) is 0. The number of esters is 8. The Labute approximate surface area is 722 Å². The van der Waals surface area contributed by atoms with E-state index in [1.807, 2.05) is 0 Å². The average molecular weight is 1800 g/mol. The smallest absolute Gasteiger partial charge is 0.303 e. The first-order chi connectivity index (χ1) is 59.7. The molecule has 0 bridgehead atoms. The van der Waals surface area contributed by atoms with Crippen LogP contribution in [-0.4, -0.2) is 418 Å². The molecular formula is C80H119NO44. The standard InChI is InChI=1S/C80H119NO44/c1-34-52(95-13)60(96-14)57(49(108-34)31-105-35(2)82)124-78-70(104-22)64(100-18)56(48(117-78)30-94-12)123-77-69(103-21)63(99-17)55(47(116-77)29-93-11)122-76-68(102-20)62(98-16)54(46(115-76)28-92-10)121-75-67(101-19)61(97-15)53(45(114-75)27-81-73(90)43-25-23-24-26-44(43)74(81)91)120-79-72(113-42(9)89)66(111-40(7)87)59(51(119-79)33-107-37(4)84)125-80-71(112-41(8)88)65(110-39(6)86)58(109-38(5)85)50(118-80)32-106-36(3)83/h23-26,34,45-72,75-80H,27-33H2,1-22H3/t34-,45?,46?,47+,48+,49?,50+,51+,52?,53-,54-,55+,56+,57-,58-,59+,60+,61-,62-,63?,64?,65?,66?,67?,68?,69?,70?,71?,72?,75-,76-,77+,78+,79+,80+/m0/s1. The van der Waals surface area contributed by atoms with E-state index in [0.717, 1.165) is 53.4 Å². The summed E-state index contributed by atoms with van der Waals surface area (Å²) < 4.78 is 213. The van der Waals surface area contributed by atoms with Crippen LogP contribution in [0.15, 0.2) is 24.3 Å². The maximum absolute atomic E-state index is 14.6. The molecule has 708 valence electrons. The molecule has 0 saturated carbocycles. The van der Waals surface area contributed by atoms with Crippen LogP contribution >= 0.6 is 0 Å². The van der Waals surface area contributed by atoms with E-state index in [2.05, 4.69) is 0 Å². The summed E-state index contributed by atoms with van der Waals surface area (Å²) in [5, 5.41) is 0. The number of imide groups is 1. The number of ether oxygens (including phenoxy) is 34. The molecule has 1 aromatic rings. The van der Waals surface area contributed by atoms with E-state index in [1.54, 1.807) is 19.1 Å². The summed E-state index contributed by atoms with van der Waals surface area (Å²) in [4.78, 5) is 134. The molecule has 0 N–H and O–H groups in total. The van der Waals surface area contributed by atoms with Gasteiger partial charge in [0.1, 0.15) is 160 Å². The van der Waals surface area contributed by atoms with Crippen LogP contribution in [0, 0.1) is 0 Å². The van der Waals surface area contributed by atoms with Gasteiger partial charge in [0, 0.05) is 148 Å². The summed E-state index contributed by atoms with van der Waals surface area (Å²) in [6.07, 6.45) is -48.4. The number of amides is 2. The van der Waals surface area contributed by atoms with Gasteiger partial charge in [-0.25, -0.2) is 0 Å². The van der Waals surface area contributed by atoms with Crippen LogP contribution in [0.3, 0.4) is 0 Å². The van der Waals surface area contributed by atoms with E-state index in [-0.39, 0.29) is 37.6 Å². The molecular weight excluding hydrogens is 1680 g/mol. The SMILES string of the molecule is COCC1O[C@@H](O[C@H]2C(OC)C(OC)[C@@H](O[C@H]3C(OC)C(OC)[C@@H](O[C@H]4C(COC(C)=O)O[C@@H](C)C(OC)[C@H]4OC)O[C@@H]3COC)O[C@@H]2COC)C(OC)[C@@H](OC)[C@H]1O[C@@H]1OC(CN2C(=O)c3ccccc3C2=O)[C@H](O[C@H]2O[C@H](COC(C)=O)[C@@H](O[C@H]3O[C@H](COC(C)=O)[C@H](OC(C)=O)C(OC(C)=O)C3OC(C)=O)C(OC(C)=O)C2OC(C)=O)[C@H](OC)C1OC. The summed E-state index contributed by atoms with van der Waals surface area (Å²) in [6.45, 7) is 7.11. The highest BCUT2D eigenvalue weighted by molar-refractivity contribution is 6.21. The third kappa shape index (κ3) is 24.4. The van der Waals surface area contributed by atoms with Gasteiger partial charge in [0.05, 0.1) is 43.6 Å². The Morgan fingerprint density at radius 2 is 0.488 bits per heavy atom. The van der Waals surface area contributed by atoms with Crippen molar-refractivity contribution in [3.8, 4) is 0 Å². The molecule has 2 amide bonds. The summed E-state index contributed by atoms with van der Waals surface area (Å²) in [5.74, 6) is -8.97. The van der Waals surface area contributed by atoms with Gasteiger partial charge in [-0.05, 0) is 19.1 Å². The van der Waals surface area contributed by atoms with Crippen LogP contribution in [0.25, 0.3) is 0 Å². The van der Waals surface area contributed by atoms with Crippen LogP contribution < -0.4 is 0 Å². The lowest BCUT2D eigenvalue weighted by molar-refractivity contribution is -0.401. The van der Waals surface area contributed by atoms with Gasteiger partial charge >= 0.3 is 47.8 Å². The van der Waals surface area contributed by atoms with Gasteiger partial charge in [-0.2, -0.15) is 0 Å². The first kappa shape index (κ1) is 102. The van der Waals surface area contributed by atoms with Crippen molar-refractivity contribution in [3.63, 3.8) is 0 Å². The topological polar surface area (TPSA) is 488 Å². The number of rotatable bonds is 41. The summed E-state index contributed by atoms with van der Waals surface area (Å²) in [7, 11) is 18.2. The Morgan fingerprint density at radius 3 is 0.768 bits per heavy atom. The average Bonchev–Trinajstić information content (AvgIpc) is 1.64. The number of nitrogens with zero attached hydrogens (tertiary/aromatic N) is 1. The Kier molecular flexibility index (Phi) is 38.8. The number of carbonyl (C=O) groups is 10. The molecule has 9 rings (SSSR count). The van der Waals surface area contributed by atoms with E-state index < -0.39 is 294 Å². The van der Waals surface area contributed by atoms with E-state index in [1.165, 1.54) is 111 Å². The van der Waals surface area contributed by atoms with Crippen molar-refractivity contribution >= 4 is 59.6 Å². The largest absolute Gasteiger partial charge is 0.463 e. The van der Waals surface area contributed by atoms with Gasteiger partial charge in [0.2, 0.25) is 0 Å². The van der Waals surface area contributed by atoms with Crippen LogP contribution in [0.1, 0.15) is 83.0 Å². The summed E-state index contributed by atoms with van der Waals surface area (Å²) >= 11 is 0. The van der Waals surface area contributed by atoms with E-state index in [0.29, 0.717) is 0 Å². The minimum atomic E-state index is -2.06. The fraction of sp³-hybridized carbons (Fsp3) is 0.800. The van der Waals surface area contributed by atoms with Crippen LogP contribution in [-0.2, 0) is 199 Å². The van der Waals surface area contributed by atoms with Crippen molar-refractivity contribution in [1.82, 2.24) is 4.90 Å². The monoisotopic (exact) mass is 1800 g/mol. The lowest BCUT2D eigenvalue weighted by Gasteiger charge is -2.52. The first-order valence-corrected chi connectivity index (χ1v) is 40.2. The van der Waals surface area contributed by atoms with E-state index >= 15 is 0 Å². The summed E-state index contributed by atoms with van der Waals surface area (Å²) in [5.41, 5.74) is 0.0495. The quantitative estimate of drug-likeness (QED) is 0.0438. The lowest BCUT2D eigenvalue weighted by atomic mass is 9.94. The minimum Gasteiger partial charge on any atom is -0.463 e. The molecule has 125 heavy (non-hydrogen) atoms. The van der Waals surface area contributed by atoms with Crippen molar-refractivity contribution in [1.29, 1.82) is 0 Å². The highest BCUT2D eigenvalue weighted by Gasteiger charge is 2.63. The second kappa shape index (κ2) is 47.6. The first-order valence-electron chi connectivity index (χ1n) is 40.2. The maximum atomic E-state index is 14.6. The molecule has 7 fully saturated rings. The maximum Gasteiger partial charge on any atom is 0.303 e. The zero-order chi connectivity index (χ0) is 91.5. The van der Waals surface area contributed by atoms with E-state index in [4.69, 9.17) is 161 Å². The fourth-order valence-corrected chi connectivity index (χ4v) is 16.8. The molecule has 8 heterocycles. The molecule has 1 aromatic carbocycles. The molecule has 0 radical (unpaired) electrons. The van der Waals surface area contributed by atoms with Crippen LogP contribution in [0.2, 0.25) is 0 Å². The Morgan fingerprint density at radius 1 is 0.264 bits per heavy atom. The molecule has 14 unspecified atom stereocenters. The predicted octanol–water partition coefficient (Wildman–Crippen LogP) is -0.833. The van der Waals surface area contributed by atoms with Crippen molar-refractivity contribution < 1.29 is 209 Å². The minimum absolute atomic E-state index is 0.0248. The van der Waals surface area contributed by atoms with Gasteiger partial charge in [0.15, 0.2) is 68.3 Å². The second-order valence-electron chi connectivity index (χ2n) is 30.2. The van der Waals surface area contributed by atoms with Gasteiger partial charge in [0.25, 0.3) is 11.8 Å². The third-order valence-corrected chi connectivity index (χ3v) is 22.0. The van der Waals surface area contributed by atoms with Crippen molar-refractivity contribution in [2.24, 2.45) is 0 Å². The van der Waals surface area contributed by atoms with Crippen molar-refractivity contribution in [3.05, 3.63) is 35.4 Å². The van der Waals surface area contributed by atoms with Crippen LogP contribution in [0.4, 0.5) is 0 Å². The highest BCUT2D eigenvalue weighted by Crippen LogP contribution is 2.44. The predicted molar refractivity (Wildman–Crippen MR) is 409 cm³/mol. The molecule has 35 atom stereocenters. The third-order valence-electron chi connectivity index (χ3n) is 22.0. The fourth-order valence-electron chi connectivity index (χ4n) is 16.8. The zero-order valence-corrected chi connectivity index (χ0v) is 73.9. The molecule has 0 spiro atoms. The molecule has 8 aliphatic rings. The molecule has 45 nitrogen and oxygen atoms in total.